The van der Waals surface area contributed by atoms with Crippen LogP contribution in [0.4, 0.5) is 19.3 Å². The molecule has 0 saturated heterocycles. The Morgan fingerprint density at radius 2 is 1.77 bits per heavy atom. The maximum absolute atomic E-state index is 14.2. The van der Waals surface area contributed by atoms with E-state index in [2.05, 4.69) is 12.2 Å². The molecule has 0 fully saturated rings. The molecule has 2 amide bonds. The summed E-state index contributed by atoms with van der Waals surface area (Å²) in [5, 5.41) is 11.8. The average Bonchev–Trinajstić information content (AvgIpc) is 2.83. The summed E-state index contributed by atoms with van der Waals surface area (Å²) in [5.41, 5.74) is -0.759. The minimum atomic E-state index is -1.32. The highest BCUT2D eigenvalue weighted by atomic mass is 19.1. The standard InChI is InChI=1S/C27H36F2N2O4/c1-4-6-7-8-9-17-31(26(34)30-24-15-12-21(28)19-23(24)29)18-16-20-10-13-22(14-11-20)35-27(3,5-2)25(32)33/h10-15,19H,4-9,16-18H2,1-3H3,(H,30,34)(H,32,33)/i15T. The van der Waals surface area contributed by atoms with Crippen molar-refractivity contribution in [3.8, 4) is 5.75 Å². The molecule has 0 bridgehead atoms. The van der Waals surface area contributed by atoms with Crippen LogP contribution in [0.2, 0.25) is 0 Å². The van der Waals surface area contributed by atoms with E-state index in [1.165, 1.54) is 6.92 Å². The summed E-state index contributed by atoms with van der Waals surface area (Å²) in [4.78, 5) is 26.0. The Morgan fingerprint density at radius 3 is 2.37 bits per heavy atom. The highest BCUT2D eigenvalue weighted by molar-refractivity contribution is 5.89. The first-order valence-electron chi connectivity index (χ1n) is 12.6. The van der Waals surface area contributed by atoms with Crippen LogP contribution in [-0.4, -0.2) is 40.7 Å². The van der Waals surface area contributed by atoms with Gasteiger partial charge in [0.15, 0.2) is 0 Å². The molecule has 0 aromatic heterocycles. The van der Waals surface area contributed by atoms with E-state index < -0.39 is 35.3 Å². The SMILES string of the molecule is [3H]c1cc(F)cc(F)c1NC(=O)N(CCCCCCC)CCc1ccc(OC(C)(CC)C(=O)O)cc1. The van der Waals surface area contributed by atoms with Crippen LogP contribution < -0.4 is 10.1 Å². The molecule has 1 atom stereocenters. The number of hydrogen-bond donors (Lipinski definition) is 2. The largest absolute Gasteiger partial charge is 0.478 e. The lowest BCUT2D eigenvalue weighted by atomic mass is 10.0. The maximum atomic E-state index is 14.2. The molecule has 0 spiro atoms. The molecule has 2 aromatic rings. The number of amides is 2. The van der Waals surface area contributed by atoms with Crippen LogP contribution in [0.5, 0.6) is 5.75 Å². The van der Waals surface area contributed by atoms with Gasteiger partial charge in [-0.05, 0) is 56.0 Å². The van der Waals surface area contributed by atoms with Gasteiger partial charge >= 0.3 is 12.0 Å². The van der Waals surface area contributed by atoms with Crippen LogP contribution in [-0.2, 0) is 11.2 Å². The first-order chi connectivity index (χ1) is 17.1. The molecule has 0 heterocycles. The number of benzene rings is 2. The first kappa shape index (κ1) is 26.4. The number of rotatable bonds is 14. The van der Waals surface area contributed by atoms with Gasteiger partial charge in [0.2, 0.25) is 5.60 Å². The molecular formula is C27H36F2N2O4. The fourth-order valence-electron chi connectivity index (χ4n) is 3.46. The lowest BCUT2D eigenvalue weighted by Crippen LogP contribution is -2.40. The van der Waals surface area contributed by atoms with Crippen LogP contribution >= 0.6 is 0 Å². The number of carboxylic acid groups (broad SMARTS) is 1. The summed E-state index contributed by atoms with van der Waals surface area (Å²) < 4.78 is 41.0. The van der Waals surface area contributed by atoms with Crippen molar-refractivity contribution in [2.45, 2.75) is 71.3 Å². The summed E-state index contributed by atoms with van der Waals surface area (Å²) in [6.07, 6.45) is 5.83. The van der Waals surface area contributed by atoms with Crippen molar-refractivity contribution < 1.29 is 29.6 Å². The van der Waals surface area contributed by atoms with Gasteiger partial charge in [0, 0.05) is 19.2 Å². The molecule has 2 N–H and O–H groups in total. The van der Waals surface area contributed by atoms with Crippen molar-refractivity contribution in [1.82, 2.24) is 4.90 Å². The number of hydrogen-bond acceptors (Lipinski definition) is 3. The lowest BCUT2D eigenvalue weighted by Gasteiger charge is -2.25. The summed E-state index contributed by atoms with van der Waals surface area (Å²) >= 11 is 0. The molecule has 1 unspecified atom stereocenters. The van der Waals surface area contributed by atoms with Crippen LogP contribution in [0.25, 0.3) is 0 Å². The van der Waals surface area contributed by atoms with Gasteiger partial charge in [-0.2, -0.15) is 0 Å². The molecule has 0 saturated carbocycles. The fraction of sp³-hybridized carbons (Fsp3) is 0.481. The Labute approximate surface area is 207 Å². The number of nitrogens with zero attached hydrogens (tertiary/aromatic N) is 1. The third-order valence-electron chi connectivity index (χ3n) is 5.97. The van der Waals surface area contributed by atoms with E-state index in [-0.39, 0.29) is 5.69 Å². The second kappa shape index (κ2) is 13.7. The third kappa shape index (κ3) is 8.85. The number of ether oxygens (including phenoxy) is 1. The van der Waals surface area contributed by atoms with Gasteiger partial charge in [0.25, 0.3) is 0 Å². The molecule has 2 aromatic carbocycles. The topological polar surface area (TPSA) is 78.9 Å². The Balaban J connectivity index is 2.07. The minimum Gasteiger partial charge on any atom is -0.478 e. The van der Waals surface area contributed by atoms with E-state index in [0.717, 1.165) is 43.7 Å². The molecule has 35 heavy (non-hydrogen) atoms. The number of unbranched alkanes of at least 4 members (excludes halogenated alkanes) is 4. The van der Waals surface area contributed by atoms with Crippen molar-refractivity contribution >= 4 is 17.7 Å². The molecule has 6 nitrogen and oxygen atoms in total. The number of carbonyl (C=O) groups is 2. The number of carbonyl (C=O) groups excluding carboxylic acids is 1. The summed E-state index contributed by atoms with van der Waals surface area (Å²) in [7, 11) is 0. The van der Waals surface area contributed by atoms with Crippen molar-refractivity contribution in [1.29, 1.82) is 0 Å². The molecule has 0 aliphatic rings. The van der Waals surface area contributed by atoms with Crippen molar-refractivity contribution in [2.24, 2.45) is 0 Å². The fourth-order valence-corrected chi connectivity index (χ4v) is 3.46. The van der Waals surface area contributed by atoms with Crippen LogP contribution in [0.15, 0.2) is 42.4 Å². The Hall–Kier alpha value is -3.16. The van der Waals surface area contributed by atoms with E-state index >= 15 is 0 Å². The van der Waals surface area contributed by atoms with Gasteiger partial charge in [-0.15, -0.1) is 0 Å². The number of halogens is 2. The summed E-state index contributed by atoms with van der Waals surface area (Å²) in [6, 6.07) is 7.52. The molecular weight excluding hydrogens is 454 g/mol. The van der Waals surface area contributed by atoms with E-state index in [0.29, 0.717) is 37.7 Å². The highest BCUT2D eigenvalue weighted by Gasteiger charge is 2.33. The summed E-state index contributed by atoms with van der Waals surface area (Å²) in [5.74, 6) is -2.47. The monoisotopic (exact) mass is 492 g/mol. The normalized spacial score (nSPS) is 13.0. The van der Waals surface area contributed by atoms with Crippen molar-refractivity contribution in [2.75, 3.05) is 18.4 Å². The molecule has 8 heteroatoms. The number of carboxylic acids is 1. The number of aliphatic carboxylic acids is 1. The first-order valence-corrected chi connectivity index (χ1v) is 12.1. The number of anilines is 1. The van der Waals surface area contributed by atoms with Gasteiger partial charge in [0.1, 0.15) is 17.4 Å². The Bertz CT molecular complexity index is 996. The molecule has 0 radical (unpaired) electrons. The Kier molecular flexibility index (Phi) is 10.3. The summed E-state index contributed by atoms with van der Waals surface area (Å²) in [6.45, 7) is 6.19. The van der Waals surface area contributed by atoms with Gasteiger partial charge in [0.05, 0.1) is 7.06 Å². The zero-order valence-corrected chi connectivity index (χ0v) is 20.7. The van der Waals surface area contributed by atoms with Gasteiger partial charge < -0.3 is 20.1 Å². The molecule has 0 aliphatic heterocycles. The minimum absolute atomic E-state index is 0.307. The van der Waals surface area contributed by atoms with E-state index in [9.17, 15) is 23.5 Å². The highest BCUT2D eigenvalue weighted by Crippen LogP contribution is 2.23. The zero-order chi connectivity index (χ0) is 26.7. The van der Waals surface area contributed by atoms with Crippen molar-refractivity contribution in [3.63, 3.8) is 0 Å². The van der Waals surface area contributed by atoms with Crippen LogP contribution in [0.1, 0.15) is 66.2 Å². The Morgan fingerprint density at radius 1 is 1.09 bits per heavy atom. The second-order valence-electron chi connectivity index (χ2n) is 8.76. The van der Waals surface area contributed by atoms with E-state index in [1.807, 2.05) is 12.1 Å². The predicted octanol–water partition coefficient (Wildman–Crippen LogP) is 6.64. The van der Waals surface area contributed by atoms with E-state index in [4.69, 9.17) is 6.11 Å². The average molecular weight is 493 g/mol. The number of urea groups is 1. The van der Waals surface area contributed by atoms with Crippen molar-refractivity contribution in [3.05, 3.63) is 59.6 Å². The molecule has 0 aliphatic carbocycles. The lowest BCUT2D eigenvalue weighted by molar-refractivity contribution is -0.154. The van der Waals surface area contributed by atoms with E-state index in [1.54, 1.807) is 24.0 Å². The quantitative estimate of drug-likeness (QED) is 0.290. The molecule has 192 valence electrons. The van der Waals surface area contributed by atoms with Crippen LogP contribution in [0, 0.1) is 11.6 Å². The predicted molar refractivity (Wildman–Crippen MR) is 133 cm³/mol. The maximum Gasteiger partial charge on any atom is 0.347 e. The smallest absolute Gasteiger partial charge is 0.347 e. The zero-order valence-electron chi connectivity index (χ0n) is 21.7. The third-order valence-corrected chi connectivity index (χ3v) is 5.97. The van der Waals surface area contributed by atoms with Crippen LogP contribution in [0.3, 0.4) is 0 Å². The molecule has 2 rings (SSSR count). The van der Waals surface area contributed by atoms with Gasteiger partial charge in [-0.1, -0.05) is 51.7 Å². The second-order valence-corrected chi connectivity index (χ2v) is 8.76. The van der Waals surface area contributed by atoms with Gasteiger partial charge in [-0.25, -0.2) is 18.4 Å². The number of nitrogens with one attached hydrogen (secondary N) is 1. The van der Waals surface area contributed by atoms with Gasteiger partial charge in [-0.3, -0.25) is 0 Å².